The number of hydrogen-bond acceptors (Lipinski definition) is 3. The molecule has 116 valence electrons. The number of carboxylic acid groups (broad SMARTS) is 1. The molecule has 0 aliphatic heterocycles. The van der Waals surface area contributed by atoms with Gasteiger partial charge in [-0.2, -0.15) is 0 Å². The largest absolute Gasteiger partial charge is 0.481 e. The van der Waals surface area contributed by atoms with Gasteiger partial charge in [0.2, 0.25) is 0 Å². The number of sulfonamides is 1. The van der Waals surface area contributed by atoms with Gasteiger partial charge in [-0.15, -0.1) is 0 Å². The number of benzene rings is 2. The molecule has 0 bridgehead atoms. The zero-order valence-electron chi connectivity index (χ0n) is 11.1. The van der Waals surface area contributed by atoms with Gasteiger partial charge in [-0.05, 0) is 35.9 Å². The molecule has 2 aromatic carbocycles. The SMILES string of the molecule is O=C(O)Cc1cccc(NS(=O)(=O)c2cc(Cl)ccc2F)c1. The Kier molecular flexibility index (Phi) is 4.68. The molecular formula is C14H11ClFNO4S. The van der Waals surface area contributed by atoms with Crippen molar-refractivity contribution in [2.75, 3.05) is 4.72 Å². The highest BCUT2D eigenvalue weighted by atomic mass is 35.5. The first kappa shape index (κ1) is 16.3. The zero-order valence-corrected chi connectivity index (χ0v) is 12.7. The van der Waals surface area contributed by atoms with Crippen LogP contribution in [0.15, 0.2) is 47.4 Å². The van der Waals surface area contributed by atoms with Gasteiger partial charge in [0.15, 0.2) is 0 Å². The molecule has 8 heteroatoms. The van der Waals surface area contributed by atoms with E-state index in [-0.39, 0.29) is 17.1 Å². The van der Waals surface area contributed by atoms with Gasteiger partial charge in [-0.25, -0.2) is 12.8 Å². The quantitative estimate of drug-likeness (QED) is 0.874. The highest BCUT2D eigenvalue weighted by molar-refractivity contribution is 7.92. The van der Waals surface area contributed by atoms with E-state index in [4.69, 9.17) is 16.7 Å². The van der Waals surface area contributed by atoms with E-state index in [0.717, 1.165) is 12.1 Å². The molecule has 0 unspecified atom stereocenters. The van der Waals surface area contributed by atoms with Crippen molar-refractivity contribution in [1.82, 2.24) is 0 Å². The second kappa shape index (κ2) is 6.33. The molecule has 0 saturated heterocycles. The van der Waals surface area contributed by atoms with Crippen molar-refractivity contribution in [3.8, 4) is 0 Å². The summed E-state index contributed by atoms with van der Waals surface area (Å²) in [6.07, 6.45) is -0.249. The van der Waals surface area contributed by atoms with Gasteiger partial charge < -0.3 is 5.11 Å². The number of rotatable bonds is 5. The lowest BCUT2D eigenvalue weighted by atomic mass is 10.1. The molecule has 0 aromatic heterocycles. The molecule has 0 saturated carbocycles. The summed E-state index contributed by atoms with van der Waals surface area (Å²) in [7, 11) is -4.17. The molecule has 0 aliphatic rings. The van der Waals surface area contributed by atoms with Gasteiger partial charge in [0.1, 0.15) is 10.7 Å². The lowest BCUT2D eigenvalue weighted by Gasteiger charge is -2.10. The highest BCUT2D eigenvalue weighted by Gasteiger charge is 2.19. The van der Waals surface area contributed by atoms with Crippen molar-refractivity contribution in [1.29, 1.82) is 0 Å². The summed E-state index contributed by atoms with van der Waals surface area (Å²) >= 11 is 5.68. The summed E-state index contributed by atoms with van der Waals surface area (Å²) < 4.78 is 40.2. The fourth-order valence-corrected chi connectivity index (χ4v) is 3.20. The molecule has 0 aliphatic carbocycles. The summed E-state index contributed by atoms with van der Waals surface area (Å²) in [5.41, 5.74) is 0.553. The molecule has 0 atom stereocenters. The molecule has 0 fully saturated rings. The maximum Gasteiger partial charge on any atom is 0.307 e. The van der Waals surface area contributed by atoms with E-state index in [1.165, 1.54) is 24.3 Å². The van der Waals surface area contributed by atoms with Crippen molar-refractivity contribution in [2.45, 2.75) is 11.3 Å². The third-order valence-electron chi connectivity index (χ3n) is 2.72. The van der Waals surface area contributed by atoms with Crippen LogP contribution in [0.2, 0.25) is 5.02 Å². The molecule has 0 amide bonds. The lowest BCUT2D eigenvalue weighted by Crippen LogP contribution is -2.15. The number of anilines is 1. The molecule has 2 N–H and O–H groups in total. The second-order valence-corrected chi connectivity index (χ2v) is 6.54. The summed E-state index contributed by atoms with van der Waals surface area (Å²) in [6.45, 7) is 0. The van der Waals surface area contributed by atoms with E-state index in [1.807, 2.05) is 0 Å². The Labute approximate surface area is 131 Å². The first-order chi connectivity index (χ1) is 10.3. The summed E-state index contributed by atoms with van der Waals surface area (Å²) in [5.74, 6) is -1.97. The van der Waals surface area contributed by atoms with Gasteiger partial charge in [-0.1, -0.05) is 23.7 Å². The Hall–Kier alpha value is -2.12. The average Bonchev–Trinajstić information content (AvgIpc) is 2.40. The smallest absolute Gasteiger partial charge is 0.307 e. The fourth-order valence-electron chi connectivity index (χ4n) is 1.81. The van der Waals surface area contributed by atoms with Gasteiger partial charge in [-0.3, -0.25) is 9.52 Å². The van der Waals surface area contributed by atoms with Crippen molar-refractivity contribution < 1.29 is 22.7 Å². The molecular weight excluding hydrogens is 333 g/mol. The van der Waals surface area contributed by atoms with E-state index in [1.54, 1.807) is 6.07 Å². The van der Waals surface area contributed by atoms with Gasteiger partial charge in [0, 0.05) is 10.7 Å². The standard InChI is InChI=1S/C14H11ClFNO4S/c15-10-4-5-12(16)13(8-10)22(20,21)17-11-3-1-2-9(6-11)7-14(18)19/h1-6,8,17H,7H2,(H,18,19). The molecule has 0 radical (unpaired) electrons. The first-order valence-corrected chi connectivity index (χ1v) is 7.92. The topological polar surface area (TPSA) is 83.5 Å². The van der Waals surface area contributed by atoms with Gasteiger partial charge in [0.25, 0.3) is 10.0 Å². The van der Waals surface area contributed by atoms with Crippen LogP contribution >= 0.6 is 11.6 Å². The Morgan fingerprint density at radius 2 is 1.95 bits per heavy atom. The van der Waals surface area contributed by atoms with E-state index in [0.29, 0.717) is 5.56 Å². The fraction of sp³-hybridized carbons (Fsp3) is 0.0714. The predicted molar refractivity (Wildman–Crippen MR) is 80.0 cm³/mol. The van der Waals surface area contributed by atoms with Crippen molar-refractivity contribution >= 4 is 33.3 Å². The predicted octanol–water partition coefficient (Wildman–Crippen LogP) is 2.91. The molecule has 2 aromatic rings. The van der Waals surface area contributed by atoms with Gasteiger partial charge in [0.05, 0.1) is 6.42 Å². The van der Waals surface area contributed by atoms with Crippen molar-refractivity contribution in [3.05, 3.63) is 58.9 Å². The van der Waals surface area contributed by atoms with E-state index in [9.17, 15) is 17.6 Å². The number of halogens is 2. The van der Waals surface area contributed by atoms with Gasteiger partial charge >= 0.3 is 5.97 Å². The third kappa shape index (κ3) is 3.96. The summed E-state index contributed by atoms with van der Waals surface area (Å²) in [4.78, 5) is 10.1. The summed E-state index contributed by atoms with van der Waals surface area (Å²) in [6, 6.07) is 9.05. The molecule has 22 heavy (non-hydrogen) atoms. The maximum absolute atomic E-state index is 13.7. The van der Waals surface area contributed by atoms with E-state index < -0.39 is 26.7 Å². The van der Waals surface area contributed by atoms with Crippen LogP contribution in [0.4, 0.5) is 10.1 Å². The molecule has 0 heterocycles. The average molecular weight is 344 g/mol. The number of hydrogen-bond donors (Lipinski definition) is 2. The lowest BCUT2D eigenvalue weighted by molar-refractivity contribution is -0.136. The zero-order chi connectivity index (χ0) is 16.3. The first-order valence-electron chi connectivity index (χ1n) is 6.06. The van der Waals surface area contributed by atoms with Crippen LogP contribution in [0.3, 0.4) is 0 Å². The number of carbonyl (C=O) groups is 1. The van der Waals surface area contributed by atoms with Crippen LogP contribution in [0.25, 0.3) is 0 Å². The third-order valence-corrected chi connectivity index (χ3v) is 4.35. The molecule has 2 rings (SSSR count). The molecule has 0 spiro atoms. The minimum Gasteiger partial charge on any atom is -0.481 e. The summed E-state index contributed by atoms with van der Waals surface area (Å²) in [5, 5.41) is 8.82. The Balaban J connectivity index is 2.33. The van der Waals surface area contributed by atoms with Crippen molar-refractivity contribution in [2.24, 2.45) is 0 Å². The van der Waals surface area contributed by atoms with Crippen LogP contribution in [0.5, 0.6) is 0 Å². The molecule has 5 nitrogen and oxygen atoms in total. The monoisotopic (exact) mass is 343 g/mol. The number of carboxylic acids is 1. The van der Waals surface area contributed by atoms with Crippen LogP contribution in [-0.2, 0) is 21.2 Å². The number of aliphatic carboxylic acids is 1. The van der Waals surface area contributed by atoms with Crippen LogP contribution in [0, 0.1) is 5.82 Å². The second-order valence-electron chi connectivity index (χ2n) is 4.45. The normalized spacial score (nSPS) is 11.2. The number of nitrogens with one attached hydrogen (secondary N) is 1. The Bertz CT molecular complexity index is 823. The van der Waals surface area contributed by atoms with E-state index in [2.05, 4.69) is 4.72 Å². The van der Waals surface area contributed by atoms with Crippen LogP contribution in [0.1, 0.15) is 5.56 Å². The Morgan fingerprint density at radius 1 is 1.23 bits per heavy atom. The van der Waals surface area contributed by atoms with Crippen LogP contribution in [-0.4, -0.2) is 19.5 Å². The Morgan fingerprint density at radius 3 is 2.64 bits per heavy atom. The van der Waals surface area contributed by atoms with Crippen molar-refractivity contribution in [3.63, 3.8) is 0 Å². The van der Waals surface area contributed by atoms with Crippen LogP contribution < -0.4 is 4.72 Å². The highest BCUT2D eigenvalue weighted by Crippen LogP contribution is 2.22. The maximum atomic E-state index is 13.7. The van der Waals surface area contributed by atoms with E-state index >= 15 is 0 Å². The minimum absolute atomic E-state index is 0.0846. The minimum atomic E-state index is -4.17.